The van der Waals surface area contributed by atoms with E-state index in [1.807, 2.05) is 11.0 Å². The monoisotopic (exact) mass is 351 g/mol. The average molecular weight is 351 g/mol. The average Bonchev–Trinajstić information content (AvgIpc) is 2.68. The van der Waals surface area contributed by atoms with Gasteiger partial charge in [0.1, 0.15) is 12.1 Å². The van der Waals surface area contributed by atoms with Crippen LogP contribution < -0.4 is 10.2 Å². The van der Waals surface area contributed by atoms with Crippen molar-refractivity contribution < 1.29 is 4.79 Å². The van der Waals surface area contributed by atoms with E-state index in [0.717, 1.165) is 38.5 Å². The third-order valence-electron chi connectivity index (χ3n) is 5.51. The van der Waals surface area contributed by atoms with Crippen LogP contribution in [-0.2, 0) is 0 Å². The van der Waals surface area contributed by atoms with E-state index in [9.17, 15) is 4.79 Å². The SMILES string of the molecule is O=C(NCC1CC(c2ccccc2)C1)N1CCN(c2ccncn2)CC1. The molecule has 1 saturated carbocycles. The lowest BCUT2D eigenvalue weighted by Gasteiger charge is -2.38. The number of anilines is 1. The molecular formula is C20H25N5O. The zero-order valence-electron chi connectivity index (χ0n) is 14.9. The van der Waals surface area contributed by atoms with Gasteiger partial charge in [0.05, 0.1) is 0 Å². The zero-order valence-corrected chi connectivity index (χ0v) is 14.9. The summed E-state index contributed by atoms with van der Waals surface area (Å²) in [6.45, 7) is 3.86. The Morgan fingerprint density at radius 1 is 1.08 bits per heavy atom. The van der Waals surface area contributed by atoms with E-state index in [0.29, 0.717) is 11.8 Å². The predicted octanol–water partition coefficient (Wildman–Crippen LogP) is 2.50. The highest BCUT2D eigenvalue weighted by Gasteiger charge is 2.31. The molecule has 6 nitrogen and oxygen atoms in total. The second-order valence-corrected chi connectivity index (χ2v) is 7.17. The van der Waals surface area contributed by atoms with Crippen LogP contribution in [0.1, 0.15) is 24.3 Å². The molecule has 4 rings (SSSR count). The van der Waals surface area contributed by atoms with Crippen molar-refractivity contribution in [2.24, 2.45) is 5.92 Å². The maximum atomic E-state index is 12.4. The predicted molar refractivity (Wildman–Crippen MR) is 101 cm³/mol. The van der Waals surface area contributed by atoms with Gasteiger partial charge in [-0.15, -0.1) is 0 Å². The van der Waals surface area contributed by atoms with E-state index < -0.39 is 0 Å². The summed E-state index contributed by atoms with van der Waals surface area (Å²) in [4.78, 5) is 24.7. The summed E-state index contributed by atoms with van der Waals surface area (Å²) in [6, 6.07) is 12.7. The van der Waals surface area contributed by atoms with Gasteiger partial charge in [-0.25, -0.2) is 14.8 Å². The van der Waals surface area contributed by atoms with Gasteiger partial charge >= 0.3 is 6.03 Å². The van der Waals surface area contributed by atoms with Crippen LogP contribution in [0.5, 0.6) is 0 Å². The minimum absolute atomic E-state index is 0.0653. The minimum Gasteiger partial charge on any atom is -0.353 e. The van der Waals surface area contributed by atoms with Crippen LogP contribution in [0.2, 0.25) is 0 Å². The molecule has 2 aromatic rings. The fourth-order valence-electron chi connectivity index (χ4n) is 3.85. The summed E-state index contributed by atoms with van der Waals surface area (Å²) in [5.41, 5.74) is 1.43. The van der Waals surface area contributed by atoms with Crippen LogP contribution in [-0.4, -0.2) is 53.6 Å². The number of carbonyl (C=O) groups is 1. The van der Waals surface area contributed by atoms with Crippen molar-refractivity contribution in [3.8, 4) is 0 Å². The first-order valence-corrected chi connectivity index (χ1v) is 9.38. The number of rotatable bonds is 4. The largest absolute Gasteiger partial charge is 0.353 e. The van der Waals surface area contributed by atoms with Crippen LogP contribution in [0.25, 0.3) is 0 Å². The smallest absolute Gasteiger partial charge is 0.317 e. The number of aromatic nitrogens is 2. The molecule has 2 fully saturated rings. The Labute approximate surface area is 154 Å². The molecular weight excluding hydrogens is 326 g/mol. The quantitative estimate of drug-likeness (QED) is 0.919. The van der Waals surface area contributed by atoms with Gasteiger partial charge in [-0.05, 0) is 36.3 Å². The number of piperazine rings is 1. The fourth-order valence-corrected chi connectivity index (χ4v) is 3.85. The third-order valence-corrected chi connectivity index (χ3v) is 5.51. The summed E-state index contributed by atoms with van der Waals surface area (Å²) in [5, 5.41) is 3.12. The molecule has 1 saturated heterocycles. The maximum Gasteiger partial charge on any atom is 0.317 e. The molecule has 0 spiro atoms. The minimum atomic E-state index is 0.0653. The number of hydrogen-bond acceptors (Lipinski definition) is 4. The van der Waals surface area contributed by atoms with Crippen LogP contribution in [0.15, 0.2) is 48.9 Å². The molecule has 1 aliphatic carbocycles. The fraction of sp³-hybridized carbons (Fsp3) is 0.450. The molecule has 0 atom stereocenters. The van der Waals surface area contributed by atoms with E-state index in [1.165, 1.54) is 18.4 Å². The molecule has 6 heteroatoms. The molecule has 1 aromatic heterocycles. The second-order valence-electron chi connectivity index (χ2n) is 7.17. The number of carbonyl (C=O) groups excluding carboxylic acids is 1. The Kier molecular flexibility index (Phi) is 5.00. The highest BCUT2D eigenvalue weighted by Crippen LogP contribution is 2.41. The van der Waals surface area contributed by atoms with Crippen molar-refractivity contribution in [1.29, 1.82) is 0 Å². The number of benzene rings is 1. The van der Waals surface area contributed by atoms with Gasteiger partial charge in [0.2, 0.25) is 0 Å². The van der Waals surface area contributed by atoms with Crippen LogP contribution in [0.3, 0.4) is 0 Å². The van der Waals surface area contributed by atoms with Crippen molar-refractivity contribution in [1.82, 2.24) is 20.2 Å². The number of amides is 2. The van der Waals surface area contributed by atoms with Gasteiger partial charge < -0.3 is 15.1 Å². The van der Waals surface area contributed by atoms with Crippen molar-refractivity contribution in [3.63, 3.8) is 0 Å². The zero-order chi connectivity index (χ0) is 17.8. The molecule has 0 unspecified atom stereocenters. The van der Waals surface area contributed by atoms with Gasteiger partial charge in [0.25, 0.3) is 0 Å². The molecule has 1 N–H and O–H groups in total. The normalized spacial score (nSPS) is 22.6. The number of urea groups is 1. The first kappa shape index (κ1) is 16.8. The number of hydrogen-bond donors (Lipinski definition) is 1. The van der Waals surface area contributed by atoms with E-state index in [4.69, 9.17) is 0 Å². The van der Waals surface area contributed by atoms with Gasteiger partial charge in [-0.1, -0.05) is 30.3 Å². The van der Waals surface area contributed by atoms with Crippen LogP contribution >= 0.6 is 0 Å². The van der Waals surface area contributed by atoms with E-state index in [1.54, 1.807) is 12.5 Å². The van der Waals surface area contributed by atoms with Gasteiger partial charge in [-0.2, -0.15) is 0 Å². The summed E-state index contributed by atoms with van der Waals surface area (Å²) in [7, 11) is 0. The van der Waals surface area contributed by atoms with E-state index >= 15 is 0 Å². The van der Waals surface area contributed by atoms with Crippen LogP contribution in [0.4, 0.5) is 10.6 Å². The molecule has 2 heterocycles. The lowest BCUT2D eigenvalue weighted by Crippen LogP contribution is -2.53. The third kappa shape index (κ3) is 3.79. The first-order chi connectivity index (χ1) is 12.8. The van der Waals surface area contributed by atoms with Crippen molar-refractivity contribution in [2.45, 2.75) is 18.8 Å². The second kappa shape index (κ2) is 7.72. The molecule has 2 amide bonds. The van der Waals surface area contributed by atoms with Gasteiger partial charge in [0, 0.05) is 38.9 Å². The van der Waals surface area contributed by atoms with E-state index in [2.05, 4.69) is 50.5 Å². The Morgan fingerprint density at radius 2 is 1.85 bits per heavy atom. The summed E-state index contributed by atoms with van der Waals surface area (Å²) >= 11 is 0. The van der Waals surface area contributed by atoms with Gasteiger partial charge in [-0.3, -0.25) is 0 Å². The Bertz CT molecular complexity index is 709. The Morgan fingerprint density at radius 3 is 2.54 bits per heavy atom. The van der Waals surface area contributed by atoms with E-state index in [-0.39, 0.29) is 6.03 Å². The van der Waals surface area contributed by atoms with Crippen LogP contribution in [0, 0.1) is 5.92 Å². The molecule has 0 radical (unpaired) electrons. The lowest BCUT2D eigenvalue weighted by molar-refractivity contribution is 0.185. The molecule has 26 heavy (non-hydrogen) atoms. The topological polar surface area (TPSA) is 61.4 Å². The molecule has 1 aromatic carbocycles. The maximum absolute atomic E-state index is 12.4. The summed E-state index contributed by atoms with van der Waals surface area (Å²) < 4.78 is 0. The highest BCUT2D eigenvalue weighted by atomic mass is 16.2. The standard InChI is InChI=1S/C20H25N5O/c26-20(22-14-16-12-18(13-16)17-4-2-1-3-5-17)25-10-8-24(9-11-25)19-6-7-21-15-23-19/h1-7,15-16,18H,8-14H2,(H,22,26). The first-order valence-electron chi connectivity index (χ1n) is 9.38. The molecule has 2 aliphatic rings. The van der Waals surface area contributed by atoms with Crippen molar-refractivity contribution in [3.05, 3.63) is 54.5 Å². The Balaban J connectivity index is 1.17. The number of nitrogens with one attached hydrogen (secondary N) is 1. The molecule has 1 aliphatic heterocycles. The van der Waals surface area contributed by atoms with Crippen molar-refractivity contribution in [2.75, 3.05) is 37.6 Å². The highest BCUT2D eigenvalue weighted by molar-refractivity contribution is 5.74. The van der Waals surface area contributed by atoms with Gasteiger partial charge in [0.15, 0.2) is 0 Å². The summed E-state index contributed by atoms with van der Waals surface area (Å²) in [6.07, 6.45) is 5.66. The summed E-state index contributed by atoms with van der Waals surface area (Å²) in [5.74, 6) is 2.20. The molecule has 136 valence electrons. The Hall–Kier alpha value is -2.63. The van der Waals surface area contributed by atoms with Crippen molar-refractivity contribution >= 4 is 11.8 Å². The number of nitrogens with zero attached hydrogens (tertiary/aromatic N) is 4. The molecule has 0 bridgehead atoms. The lowest BCUT2D eigenvalue weighted by atomic mass is 9.71.